The van der Waals surface area contributed by atoms with Crippen LogP contribution in [0, 0.1) is 5.92 Å². The van der Waals surface area contributed by atoms with Crippen LogP contribution in [0.3, 0.4) is 0 Å². The molecule has 0 aliphatic heterocycles. The quantitative estimate of drug-likeness (QED) is 0.697. The Kier molecular flexibility index (Phi) is 6.47. The molecule has 0 spiro atoms. The first kappa shape index (κ1) is 17.9. The maximum absolute atomic E-state index is 12.6. The van der Waals surface area contributed by atoms with Crippen LogP contribution in [-0.2, 0) is 4.79 Å². The monoisotopic (exact) mass is 302 g/mol. The number of halogens is 3. The fraction of sp³-hybridized carbons (Fsp3) is 0.800. The molecule has 0 fully saturated rings. The molecule has 0 saturated carbocycles. The molecule has 0 heterocycles. The van der Waals surface area contributed by atoms with Crippen LogP contribution < -0.4 is 10.6 Å². The lowest BCUT2D eigenvalue weighted by atomic mass is 10.0. The van der Waals surface area contributed by atoms with Crippen LogP contribution >= 0.6 is 11.8 Å². The van der Waals surface area contributed by atoms with Gasteiger partial charge in [0.2, 0.25) is 5.54 Å². The Morgan fingerprint density at radius 2 is 1.89 bits per heavy atom. The smallest absolute Gasteiger partial charge is 0.422 e. The minimum atomic E-state index is -5.08. The van der Waals surface area contributed by atoms with Gasteiger partial charge in [0.15, 0.2) is 0 Å². The minimum Gasteiger partial charge on any atom is -0.479 e. The number of carbonyl (C=O) groups excluding carboxylic acids is 1. The van der Waals surface area contributed by atoms with Crippen molar-refractivity contribution in [3.8, 4) is 0 Å². The Morgan fingerprint density at radius 1 is 1.37 bits per heavy atom. The van der Waals surface area contributed by atoms with E-state index < -0.39 is 23.7 Å². The summed E-state index contributed by atoms with van der Waals surface area (Å²) in [6.45, 7) is 2.39. The van der Waals surface area contributed by atoms with Gasteiger partial charge in [-0.15, -0.1) is 0 Å². The van der Waals surface area contributed by atoms with E-state index in [9.17, 15) is 22.8 Å². The Balaban J connectivity index is 4.55. The maximum Gasteiger partial charge on any atom is 0.422 e. The summed E-state index contributed by atoms with van der Waals surface area (Å²) in [6, 6.07) is -1.16. The summed E-state index contributed by atoms with van der Waals surface area (Å²) >= 11 is 1.54. The number of alkyl halides is 3. The van der Waals surface area contributed by atoms with Crippen LogP contribution in [0.2, 0.25) is 0 Å². The molecule has 9 heteroatoms. The Labute approximate surface area is 113 Å². The lowest BCUT2D eigenvalue weighted by molar-refractivity contribution is -0.203. The maximum atomic E-state index is 12.6. The van der Waals surface area contributed by atoms with Gasteiger partial charge in [-0.25, -0.2) is 9.59 Å². The number of carboxylic acids is 1. The van der Waals surface area contributed by atoms with Crippen molar-refractivity contribution in [2.24, 2.45) is 5.92 Å². The largest absolute Gasteiger partial charge is 0.479 e. The number of aliphatic carboxylic acids is 1. The predicted molar refractivity (Wildman–Crippen MR) is 66.2 cm³/mol. The van der Waals surface area contributed by atoms with E-state index in [0.29, 0.717) is 6.92 Å². The number of hydrogen-bond acceptors (Lipinski definition) is 3. The van der Waals surface area contributed by atoms with Crippen molar-refractivity contribution >= 4 is 23.8 Å². The first-order valence-corrected chi connectivity index (χ1v) is 6.79. The molecular weight excluding hydrogens is 285 g/mol. The molecule has 2 unspecified atom stereocenters. The summed E-state index contributed by atoms with van der Waals surface area (Å²) in [5.74, 6) is -1.36. The van der Waals surface area contributed by atoms with Crippen LogP contribution in [-0.4, -0.2) is 47.4 Å². The van der Waals surface area contributed by atoms with Crippen molar-refractivity contribution in [3.05, 3.63) is 0 Å². The van der Waals surface area contributed by atoms with E-state index in [1.54, 1.807) is 0 Å². The molecular formula is C10H17F3N2O3S. The standard InChI is InChI=1S/C10H17F3N2O3S/c1-6(5-19-3)4-14-8(18)15-9(2,7(16)17)10(11,12)13/h6H,4-5H2,1-3H3,(H,16,17)(H2,14,15,18). The summed E-state index contributed by atoms with van der Waals surface area (Å²) in [5.41, 5.74) is -3.31. The molecule has 0 aromatic rings. The Bertz CT molecular complexity index is 338. The SMILES string of the molecule is CSCC(C)CNC(=O)NC(C)(C(=O)O)C(F)(F)F. The van der Waals surface area contributed by atoms with Gasteiger partial charge in [-0.2, -0.15) is 24.9 Å². The number of carboxylic acid groups (broad SMARTS) is 1. The van der Waals surface area contributed by atoms with Crippen molar-refractivity contribution in [2.45, 2.75) is 25.6 Å². The van der Waals surface area contributed by atoms with Gasteiger partial charge >= 0.3 is 18.2 Å². The van der Waals surface area contributed by atoms with Crippen LogP contribution in [0.1, 0.15) is 13.8 Å². The topological polar surface area (TPSA) is 78.4 Å². The highest BCUT2D eigenvalue weighted by Gasteiger charge is 2.58. The summed E-state index contributed by atoms with van der Waals surface area (Å²) in [6.07, 6.45) is -3.22. The molecule has 5 nitrogen and oxygen atoms in total. The summed E-state index contributed by atoms with van der Waals surface area (Å²) in [5, 5.41) is 12.3. The van der Waals surface area contributed by atoms with Crippen molar-refractivity contribution < 1.29 is 27.9 Å². The van der Waals surface area contributed by atoms with Gasteiger partial charge in [0.1, 0.15) is 0 Å². The Hall–Kier alpha value is -1.12. The number of hydrogen-bond donors (Lipinski definition) is 3. The first-order chi connectivity index (χ1) is 8.54. The van der Waals surface area contributed by atoms with Crippen LogP contribution in [0.15, 0.2) is 0 Å². The molecule has 2 amide bonds. The zero-order chi connectivity index (χ0) is 15.3. The molecule has 0 bridgehead atoms. The molecule has 2 atom stereocenters. The average Bonchev–Trinajstić information content (AvgIpc) is 2.24. The normalized spacial score (nSPS) is 16.3. The van der Waals surface area contributed by atoms with Gasteiger partial charge in [-0.05, 0) is 24.9 Å². The van der Waals surface area contributed by atoms with E-state index in [4.69, 9.17) is 5.11 Å². The fourth-order valence-electron chi connectivity index (χ4n) is 1.13. The number of nitrogens with one attached hydrogen (secondary N) is 2. The van der Waals surface area contributed by atoms with Gasteiger partial charge in [0, 0.05) is 6.54 Å². The van der Waals surface area contributed by atoms with E-state index in [-0.39, 0.29) is 12.5 Å². The van der Waals surface area contributed by atoms with Crippen molar-refractivity contribution in [3.63, 3.8) is 0 Å². The zero-order valence-corrected chi connectivity index (χ0v) is 11.6. The number of urea groups is 1. The van der Waals surface area contributed by atoms with Gasteiger partial charge in [-0.3, -0.25) is 0 Å². The highest BCUT2D eigenvalue weighted by molar-refractivity contribution is 7.98. The third-order valence-electron chi connectivity index (χ3n) is 2.42. The Morgan fingerprint density at radius 3 is 2.26 bits per heavy atom. The second kappa shape index (κ2) is 6.88. The van der Waals surface area contributed by atoms with Crippen molar-refractivity contribution in [1.29, 1.82) is 0 Å². The molecule has 0 rings (SSSR count). The zero-order valence-electron chi connectivity index (χ0n) is 10.8. The molecule has 0 aliphatic carbocycles. The molecule has 0 aromatic heterocycles. The number of rotatable bonds is 6. The minimum absolute atomic E-state index is 0.0720. The second-order valence-corrected chi connectivity index (χ2v) is 5.23. The highest BCUT2D eigenvalue weighted by atomic mass is 32.2. The fourth-order valence-corrected chi connectivity index (χ4v) is 1.81. The van der Waals surface area contributed by atoms with Crippen molar-refractivity contribution in [2.75, 3.05) is 18.6 Å². The molecule has 19 heavy (non-hydrogen) atoms. The third kappa shape index (κ3) is 5.17. The van der Waals surface area contributed by atoms with E-state index in [0.717, 1.165) is 5.75 Å². The van der Waals surface area contributed by atoms with Crippen molar-refractivity contribution in [1.82, 2.24) is 10.6 Å². The van der Waals surface area contributed by atoms with Gasteiger partial charge in [0.25, 0.3) is 0 Å². The number of carbonyl (C=O) groups is 2. The van der Waals surface area contributed by atoms with Crippen LogP contribution in [0.25, 0.3) is 0 Å². The number of amides is 2. The first-order valence-electron chi connectivity index (χ1n) is 5.39. The van der Waals surface area contributed by atoms with E-state index in [1.165, 1.54) is 17.1 Å². The van der Waals surface area contributed by atoms with Crippen LogP contribution in [0.5, 0.6) is 0 Å². The molecule has 0 aliphatic rings. The highest BCUT2D eigenvalue weighted by Crippen LogP contribution is 2.30. The molecule has 3 N–H and O–H groups in total. The lowest BCUT2D eigenvalue weighted by Crippen LogP contribution is -2.63. The number of thioether (sulfide) groups is 1. The predicted octanol–water partition coefficient (Wildman–Crippen LogP) is 1.69. The van der Waals surface area contributed by atoms with E-state index in [1.807, 2.05) is 13.2 Å². The second-order valence-electron chi connectivity index (χ2n) is 4.32. The third-order valence-corrected chi connectivity index (χ3v) is 3.32. The van der Waals surface area contributed by atoms with Gasteiger partial charge < -0.3 is 15.7 Å². The molecule has 0 saturated heterocycles. The molecule has 112 valence electrons. The van der Waals surface area contributed by atoms with E-state index >= 15 is 0 Å². The van der Waals surface area contributed by atoms with Gasteiger partial charge in [-0.1, -0.05) is 6.92 Å². The summed E-state index contributed by atoms with van der Waals surface area (Å²) in [7, 11) is 0. The van der Waals surface area contributed by atoms with Gasteiger partial charge in [0.05, 0.1) is 0 Å². The van der Waals surface area contributed by atoms with E-state index in [2.05, 4.69) is 5.32 Å². The molecule has 0 radical (unpaired) electrons. The lowest BCUT2D eigenvalue weighted by Gasteiger charge is -2.28. The van der Waals surface area contributed by atoms with Crippen LogP contribution in [0.4, 0.5) is 18.0 Å². The summed E-state index contributed by atoms with van der Waals surface area (Å²) < 4.78 is 37.8. The average molecular weight is 302 g/mol. The summed E-state index contributed by atoms with van der Waals surface area (Å²) in [4.78, 5) is 22.0. The molecule has 0 aromatic carbocycles.